The fourth-order valence-corrected chi connectivity index (χ4v) is 3.55. The second-order valence-corrected chi connectivity index (χ2v) is 6.63. The fourth-order valence-electron chi connectivity index (χ4n) is 3.55. The van der Waals surface area contributed by atoms with Crippen molar-refractivity contribution in [2.75, 3.05) is 13.2 Å². The third-order valence-electron chi connectivity index (χ3n) is 5.10. The summed E-state index contributed by atoms with van der Waals surface area (Å²) in [5.41, 5.74) is 3.27. The molecule has 1 aromatic carbocycles. The van der Waals surface area contributed by atoms with E-state index in [1.54, 1.807) is 6.33 Å². The molecule has 25 heavy (non-hydrogen) atoms. The number of hydrogen-bond acceptors (Lipinski definition) is 5. The number of ether oxygens (including phenoxy) is 1. The molecule has 2 aromatic rings. The molecule has 2 aliphatic rings. The van der Waals surface area contributed by atoms with Crippen LogP contribution >= 0.6 is 0 Å². The maximum Gasteiger partial charge on any atom is 0.237 e. The number of fused-ring (bicyclic) bond motifs is 2. The van der Waals surface area contributed by atoms with Gasteiger partial charge < -0.3 is 10.1 Å². The minimum atomic E-state index is -0.196. The summed E-state index contributed by atoms with van der Waals surface area (Å²) in [6.45, 7) is 4.13. The third-order valence-corrected chi connectivity index (χ3v) is 5.10. The number of aromatic nitrogens is 2. The summed E-state index contributed by atoms with van der Waals surface area (Å²) in [7, 11) is 0. The zero-order valence-electron chi connectivity index (χ0n) is 14.3. The minimum absolute atomic E-state index is 0.0132. The van der Waals surface area contributed by atoms with E-state index in [1.807, 2.05) is 37.4 Å². The van der Waals surface area contributed by atoms with Crippen molar-refractivity contribution in [3.8, 4) is 5.75 Å². The average molecular weight is 338 g/mol. The highest BCUT2D eigenvalue weighted by molar-refractivity contribution is 5.82. The maximum absolute atomic E-state index is 12.8. The van der Waals surface area contributed by atoms with Gasteiger partial charge in [0, 0.05) is 31.3 Å². The van der Waals surface area contributed by atoms with Gasteiger partial charge in [0.15, 0.2) is 0 Å². The molecular weight excluding hydrogens is 316 g/mol. The molecule has 0 unspecified atom stereocenters. The van der Waals surface area contributed by atoms with E-state index in [-0.39, 0.29) is 18.0 Å². The van der Waals surface area contributed by atoms with E-state index in [2.05, 4.69) is 20.2 Å². The van der Waals surface area contributed by atoms with Gasteiger partial charge in [0.1, 0.15) is 12.1 Å². The highest BCUT2D eigenvalue weighted by atomic mass is 16.5. The zero-order chi connectivity index (χ0) is 17.2. The number of nitrogens with zero attached hydrogens (tertiary/aromatic N) is 3. The number of para-hydroxylation sites is 1. The zero-order valence-corrected chi connectivity index (χ0v) is 14.3. The van der Waals surface area contributed by atoms with E-state index in [9.17, 15) is 4.79 Å². The average Bonchev–Trinajstić information content (AvgIpc) is 2.67. The fraction of sp³-hybridized carbons (Fsp3) is 0.421. The smallest absolute Gasteiger partial charge is 0.237 e. The maximum atomic E-state index is 12.8. The minimum Gasteiger partial charge on any atom is -0.493 e. The summed E-state index contributed by atoms with van der Waals surface area (Å²) in [6.07, 6.45) is 5.13. The van der Waals surface area contributed by atoms with Crippen molar-refractivity contribution in [3.05, 3.63) is 53.6 Å². The van der Waals surface area contributed by atoms with Crippen molar-refractivity contribution in [2.24, 2.45) is 0 Å². The Kier molecular flexibility index (Phi) is 4.36. The molecule has 6 heteroatoms. The van der Waals surface area contributed by atoms with Gasteiger partial charge in [-0.3, -0.25) is 9.69 Å². The number of amides is 1. The summed E-state index contributed by atoms with van der Waals surface area (Å²) >= 11 is 0. The second kappa shape index (κ2) is 6.80. The second-order valence-electron chi connectivity index (χ2n) is 6.63. The molecule has 1 aromatic heterocycles. The molecule has 0 saturated heterocycles. The number of nitrogens with one attached hydrogen (secondary N) is 1. The van der Waals surface area contributed by atoms with E-state index in [1.165, 1.54) is 5.56 Å². The molecule has 6 nitrogen and oxygen atoms in total. The highest BCUT2D eigenvalue weighted by Crippen LogP contribution is 2.31. The summed E-state index contributed by atoms with van der Waals surface area (Å²) in [5.74, 6) is 0.925. The van der Waals surface area contributed by atoms with Crippen LogP contribution in [0.25, 0.3) is 0 Å². The lowest BCUT2D eigenvalue weighted by Gasteiger charge is -2.34. The van der Waals surface area contributed by atoms with Gasteiger partial charge >= 0.3 is 0 Å². The normalized spacial score (nSPS) is 20.8. The molecule has 0 bridgehead atoms. The molecule has 4 rings (SSSR count). The van der Waals surface area contributed by atoms with Crippen LogP contribution in [0.1, 0.15) is 36.2 Å². The molecule has 1 N–H and O–H groups in total. The Morgan fingerprint density at radius 3 is 3.20 bits per heavy atom. The van der Waals surface area contributed by atoms with Gasteiger partial charge in [0.25, 0.3) is 0 Å². The number of benzene rings is 1. The Balaban J connectivity index is 1.44. The van der Waals surface area contributed by atoms with Gasteiger partial charge in [0.2, 0.25) is 5.91 Å². The first-order valence-corrected chi connectivity index (χ1v) is 8.76. The van der Waals surface area contributed by atoms with E-state index < -0.39 is 0 Å². The van der Waals surface area contributed by atoms with E-state index in [4.69, 9.17) is 4.74 Å². The predicted molar refractivity (Wildman–Crippen MR) is 93.0 cm³/mol. The Morgan fingerprint density at radius 2 is 2.28 bits per heavy atom. The van der Waals surface area contributed by atoms with E-state index in [0.717, 1.165) is 36.4 Å². The summed E-state index contributed by atoms with van der Waals surface area (Å²) in [5, 5.41) is 3.20. The first-order chi connectivity index (χ1) is 12.2. The van der Waals surface area contributed by atoms with Gasteiger partial charge in [-0.2, -0.15) is 0 Å². The standard InChI is InChI=1S/C19H22N4O2/c1-13(23-8-6-14-10-20-12-21-17(14)11-23)19(24)22-16-7-9-25-18-5-3-2-4-15(16)18/h2-5,10,12-13,16H,6-9,11H2,1H3,(H,22,24)/t13-,16+/m0/s1. The van der Waals surface area contributed by atoms with Gasteiger partial charge in [-0.05, 0) is 25.0 Å². The summed E-state index contributed by atoms with van der Waals surface area (Å²) in [4.78, 5) is 23.4. The van der Waals surface area contributed by atoms with Crippen LogP contribution < -0.4 is 10.1 Å². The van der Waals surface area contributed by atoms with Gasteiger partial charge in [0.05, 0.1) is 24.4 Å². The number of carbonyl (C=O) groups is 1. The molecule has 0 radical (unpaired) electrons. The highest BCUT2D eigenvalue weighted by Gasteiger charge is 2.29. The number of hydrogen-bond donors (Lipinski definition) is 1. The van der Waals surface area contributed by atoms with Crippen LogP contribution in [0.15, 0.2) is 36.8 Å². The van der Waals surface area contributed by atoms with Crippen LogP contribution in [0.3, 0.4) is 0 Å². The molecule has 0 aliphatic carbocycles. The van der Waals surface area contributed by atoms with Crippen LogP contribution in [0.5, 0.6) is 5.75 Å². The van der Waals surface area contributed by atoms with Crippen molar-refractivity contribution in [3.63, 3.8) is 0 Å². The Hall–Kier alpha value is -2.47. The Labute approximate surface area is 147 Å². The SMILES string of the molecule is C[C@@H](C(=O)N[C@@H]1CCOc2ccccc21)N1CCc2cncnc2C1. The molecule has 0 spiro atoms. The van der Waals surface area contributed by atoms with Crippen molar-refractivity contribution in [1.82, 2.24) is 20.2 Å². The van der Waals surface area contributed by atoms with Crippen molar-refractivity contribution in [2.45, 2.75) is 38.4 Å². The molecule has 2 atom stereocenters. The van der Waals surface area contributed by atoms with E-state index >= 15 is 0 Å². The van der Waals surface area contributed by atoms with Crippen LogP contribution in [-0.4, -0.2) is 40.0 Å². The van der Waals surface area contributed by atoms with Crippen molar-refractivity contribution < 1.29 is 9.53 Å². The monoisotopic (exact) mass is 338 g/mol. The molecular formula is C19H22N4O2. The Bertz CT molecular complexity index is 780. The first-order valence-electron chi connectivity index (χ1n) is 8.76. The molecule has 0 saturated carbocycles. The largest absolute Gasteiger partial charge is 0.493 e. The molecule has 3 heterocycles. The lowest BCUT2D eigenvalue weighted by molar-refractivity contribution is -0.127. The van der Waals surface area contributed by atoms with Crippen LogP contribution in [0, 0.1) is 0 Å². The van der Waals surface area contributed by atoms with E-state index in [0.29, 0.717) is 13.2 Å². The molecule has 0 fully saturated rings. The lowest BCUT2D eigenvalue weighted by atomic mass is 10.00. The van der Waals surface area contributed by atoms with Crippen LogP contribution in [0.4, 0.5) is 0 Å². The first kappa shape index (κ1) is 16.0. The molecule has 2 aliphatic heterocycles. The molecule has 130 valence electrons. The summed E-state index contributed by atoms with van der Waals surface area (Å²) < 4.78 is 5.68. The topological polar surface area (TPSA) is 67.3 Å². The van der Waals surface area contributed by atoms with Crippen molar-refractivity contribution in [1.29, 1.82) is 0 Å². The van der Waals surface area contributed by atoms with Crippen LogP contribution in [0.2, 0.25) is 0 Å². The van der Waals surface area contributed by atoms with Crippen LogP contribution in [-0.2, 0) is 17.8 Å². The Morgan fingerprint density at radius 1 is 1.40 bits per heavy atom. The lowest BCUT2D eigenvalue weighted by Crippen LogP contribution is -2.48. The van der Waals surface area contributed by atoms with Crippen molar-refractivity contribution >= 4 is 5.91 Å². The third kappa shape index (κ3) is 3.22. The predicted octanol–water partition coefficient (Wildman–Crippen LogP) is 1.86. The molecule has 1 amide bonds. The van der Waals surface area contributed by atoms with Gasteiger partial charge in [-0.15, -0.1) is 0 Å². The number of carbonyl (C=O) groups excluding carboxylic acids is 1. The van der Waals surface area contributed by atoms with Gasteiger partial charge in [-0.1, -0.05) is 18.2 Å². The summed E-state index contributed by atoms with van der Waals surface area (Å²) in [6, 6.07) is 7.74. The quantitative estimate of drug-likeness (QED) is 0.925. The number of rotatable bonds is 3. The van der Waals surface area contributed by atoms with Gasteiger partial charge in [-0.25, -0.2) is 9.97 Å².